The highest BCUT2D eigenvalue weighted by molar-refractivity contribution is 6.78. The molecule has 0 fully saturated rings. The highest BCUT2D eigenvalue weighted by Crippen LogP contribution is 2.39. The summed E-state index contributed by atoms with van der Waals surface area (Å²) in [4.78, 5) is 36.5. The van der Waals surface area contributed by atoms with E-state index in [0.717, 1.165) is 0 Å². The summed E-state index contributed by atoms with van der Waals surface area (Å²) in [7, 11) is -1.55. The van der Waals surface area contributed by atoms with Gasteiger partial charge in [-0.05, 0) is 49.8 Å². The molecule has 0 aromatic heterocycles. The molecule has 0 unspecified atom stereocenters. The Labute approximate surface area is 155 Å². The molecule has 0 amide bonds. The molecule has 0 radical (unpaired) electrons. The fraction of sp³-hybridized carbons (Fsp3) is 0.474. The molecule has 26 heavy (non-hydrogen) atoms. The lowest BCUT2D eigenvalue weighted by atomic mass is 9.81. The maximum absolute atomic E-state index is 12.9. The predicted molar refractivity (Wildman–Crippen MR) is 101 cm³/mol. The summed E-state index contributed by atoms with van der Waals surface area (Å²) < 4.78 is 15.6. The summed E-state index contributed by atoms with van der Waals surface area (Å²) in [6.07, 6.45) is -0.0301. The first kappa shape index (κ1) is 21.9. The van der Waals surface area contributed by atoms with Crippen LogP contribution in [0.2, 0.25) is 13.1 Å². The Morgan fingerprint density at radius 2 is 1.69 bits per heavy atom. The number of hydrogen-bond acceptors (Lipinski definition) is 6. The SMILES string of the molecule is C=C(C(Cc1cccc(OC)c1)(C(=O)OCC)C(=O)OCC)[Si](C)(C)O. The van der Waals surface area contributed by atoms with Gasteiger partial charge in [0.15, 0.2) is 5.41 Å². The van der Waals surface area contributed by atoms with Crippen LogP contribution in [0.3, 0.4) is 0 Å². The second-order valence-corrected chi connectivity index (χ2v) is 10.1. The van der Waals surface area contributed by atoms with Crippen LogP contribution in [-0.4, -0.2) is 45.4 Å². The molecule has 0 spiro atoms. The molecular weight excluding hydrogens is 352 g/mol. The zero-order valence-electron chi connectivity index (χ0n) is 16.1. The number of esters is 2. The Morgan fingerprint density at radius 1 is 1.15 bits per heavy atom. The number of benzene rings is 1. The lowest BCUT2D eigenvalue weighted by Gasteiger charge is -2.35. The van der Waals surface area contributed by atoms with Gasteiger partial charge in [-0.1, -0.05) is 18.7 Å². The van der Waals surface area contributed by atoms with E-state index in [-0.39, 0.29) is 24.8 Å². The molecule has 7 heteroatoms. The Bertz CT molecular complexity index is 644. The van der Waals surface area contributed by atoms with E-state index in [1.54, 1.807) is 51.2 Å². The quantitative estimate of drug-likeness (QED) is 0.403. The van der Waals surface area contributed by atoms with Crippen molar-refractivity contribution in [2.45, 2.75) is 33.4 Å². The van der Waals surface area contributed by atoms with Crippen molar-refractivity contribution in [1.82, 2.24) is 0 Å². The topological polar surface area (TPSA) is 82.1 Å². The number of rotatable bonds is 9. The van der Waals surface area contributed by atoms with Crippen LogP contribution in [0.25, 0.3) is 0 Å². The number of methoxy groups -OCH3 is 1. The van der Waals surface area contributed by atoms with Gasteiger partial charge in [0.1, 0.15) is 5.75 Å². The van der Waals surface area contributed by atoms with Gasteiger partial charge in [0.05, 0.1) is 20.3 Å². The van der Waals surface area contributed by atoms with Crippen LogP contribution in [0.15, 0.2) is 36.0 Å². The van der Waals surface area contributed by atoms with Gasteiger partial charge >= 0.3 is 11.9 Å². The first-order valence-corrected chi connectivity index (χ1v) is 11.5. The molecule has 0 saturated heterocycles. The van der Waals surface area contributed by atoms with Crippen LogP contribution < -0.4 is 4.74 Å². The van der Waals surface area contributed by atoms with Gasteiger partial charge in [0.25, 0.3) is 0 Å². The van der Waals surface area contributed by atoms with Gasteiger partial charge in [0.2, 0.25) is 8.32 Å². The molecular formula is C19H28O6Si. The maximum Gasteiger partial charge on any atom is 0.327 e. The van der Waals surface area contributed by atoms with Gasteiger partial charge in [-0.2, -0.15) is 0 Å². The largest absolute Gasteiger partial charge is 0.497 e. The average molecular weight is 381 g/mol. The second kappa shape index (κ2) is 9.00. The van der Waals surface area contributed by atoms with E-state index in [2.05, 4.69) is 6.58 Å². The third-order valence-electron chi connectivity index (χ3n) is 4.10. The normalized spacial score (nSPS) is 11.6. The molecule has 1 N–H and O–H groups in total. The van der Waals surface area contributed by atoms with Crippen LogP contribution in [0.5, 0.6) is 5.75 Å². The molecule has 0 atom stereocenters. The molecule has 6 nitrogen and oxygen atoms in total. The zero-order chi connectivity index (χ0) is 20.0. The number of carbonyl (C=O) groups is 2. The second-order valence-electron chi connectivity index (χ2n) is 6.41. The molecule has 1 aromatic rings. The van der Waals surface area contributed by atoms with Gasteiger partial charge in [0, 0.05) is 6.42 Å². The molecule has 0 heterocycles. The highest BCUT2D eigenvalue weighted by atomic mass is 28.4. The Balaban J connectivity index is 3.56. The highest BCUT2D eigenvalue weighted by Gasteiger charge is 2.55. The third kappa shape index (κ3) is 4.73. The lowest BCUT2D eigenvalue weighted by Crippen LogP contribution is -2.52. The molecule has 0 aliphatic heterocycles. The van der Waals surface area contributed by atoms with Gasteiger partial charge in [-0.25, -0.2) is 0 Å². The first-order chi connectivity index (χ1) is 12.1. The summed E-state index contributed by atoms with van der Waals surface area (Å²) in [5.74, 6) is -0.933. The molecule has 0 bridgehead atoms. The van der Waals surface area contributed by atoms with Crippen molar-refractivity contribution in [1.29, 1.82) is 0 Å². The fourth-order valence-corrected chi connectivity index (χ4v) is 4.04. The number of ether oxygens (including phenoxy) is 3. The van der Waals surface area contributed by atoms with Crippen molar-refractivity contribution in [2.75, 3.05) is 20.3 Å². The summed E-state index contributed by atoms with van der Waals surface area (Å²) in [6, 6.07) is 7.03. The monoisotopic (exact) mass is 380 g/mol. The summed E-state index contributed by atoms with van der Waals surface area (Å²) in [6.45, 7) is 10.6. The van der Waals surface area contributed by atoms with Crippen LogP contribution in [-0.2, 0) is 25.5 Å². The maximum atomic E-state index is 12.9. The number of carbonyl (C=O) groups excluding carboxylic acids is 2. The minimum Gasteiger partial charge on any atom is -0.497 e. The van der Waals surface area contributed by atoms with E-state index in [0.29, 0.717) is 11.3 Å². The van der Waals surface area contributed by atoms with Crippen molar-refractivity contribution < 1.29 is 28.6 Å². The van der Waals surface area contributed by atoms with Crippen LogP contribution in [0.1, 0.15) is 19.4 Å². The Morgan fingerprint density at radius 3 is 2.12 bits per heavy atom. The van der Waals surface area contributed by atoms with Crippen molar-refractivity contribution in [3.05, 3.63) is 41.6 Å². The predicted octanol–water partition coefficient (Wildman–Crippen LogP) is 2.64. The Kier molecular flexibility index (Phi) is 7.59. The molecule has 0 saturated carbocycles. The van der Waals surface area contributed by atoms with Crippen LogP contribution >= 0.6 is 0 Å². The van der Waals surface area contributed by atoms with Crippen molar-refractivity contribution in [3.8, 4) is 5.75 Å². The standard InChI is InChI=1S/C19H28O6Si/c1-7-24-17(20)19(18(21)25-8-2,14(3)26(5,6)22)13-15-10-9-11-16(12-15)23-4/h9-12,22H,3,7-8,13H2,1-2,4-6H3. The van der Waals surface area contributed by atoms with E-state index < -0.39 is 25.7 Å². The van der Waals surface area contributed by atoms with Gasteiger partial charge in [-0.3, -0.25) is 9.59 Å². The van der Waals surface area contributed by atoms with E-state index in [1.165, 1.54) is 7.11 Å². The van der Waals surface area contributed by atoms with E-state index in [1.807, 2.05) is 0 Å². The van der Waals surface area contributed by atoms with Crippen LogP contribution in [0.4, 0.5) is 0 Å². The Hall–Kier alpha value is -2.12. The average Bonchev–Trinajstić information content (AvgIpc) is 2.58. The third-order valence-corrected chi connectivity index (χ3v) is 6.01. The molecule has 0 aliphatic carbocycles. The fourth-order valence-electron chi connectivity index (χ4n) is 2.70. The van der Waals surface area contributed by atoms with Crippen molar-refractivity contribution in [3.63, 3.8) is 0 Å². The minimum atomic E-state index is -3.08. The van der Waals surface area contributed by atoms with E-state index >= 15 is 0 Å². The molecule has 0 aliphatic rings. The summed E-state index contributed by atoms with van der Waals surface area (Å²) in [5, 5.41) is 0.157. The first-order valence-electron chi connectivity index (χ1n) is 8.53. The van der Waals surface area contributed by atoms with Gasteiger partial charge in [-0.15, -0.1) is 0 Å². The number of hydrogen-bond donors (Lipinski definition) is 1. The van der Waals surface area contributed by atoms with Crippen molar-refractivity contribution >= 4 is 20.3 Å². The van der Waals surface area contributed by atoms with E-state index in [4.69, 9.17) is 14.2 Å². The van der Waals surface area contributed by atoms with E-state index in [9.17, 15) is 14.4 Å². The minimum absolute atomic E-state index is 0.0301. The molecule has 1 rings (SSSR count). The van der Waals surface area contributed by atoms with Gasteiger partial charge < -0.3 is 19.0 Å². The zero-order valence-corrected chi connectivity index (χ0v) is 17.1. The smallest absolute Gasteiger partial charge is 0.327 e. The molecule has 1 aromatic carbocycles. The lowest BCUT2D eigenvalue weighted by molar-refractivity contribution is -0.168. The summed E-state index contributed by atoms with van der Waals surface area (Å²) in [5.41, 5.74) is -1.13. The summed E-state index contributed by atoms with van der Waals surface area (Å²) >= 11 is 0. The van der Waals surface area contributed by atoms with Crippen molar-refractivity contribution in [2.24, 2.45) is 5.41 Å². The van der Waals surface area contributed by atoms with Crippen LogP contribution in [0, 0.1) is 5.41 Å². The molecule has 144 valence electrons.